The number of aryl methyl sites for hydroxylation is 1. The Labute approximate surface area is 202 Å². The molecular formula is C24H29N3O4S2. The van der Waals surface area contributed by atoms with Gasteiger partial charge in [-0.25, -0.2) is 0 Å². The van der Waals surface area contributed by atoms with Crippen LogP contribution in [0.4, 0.5) is 5.13 Å². The summed E-state index contributed by atoms with van der Waals surface area (Å²) in [5.74, 6) is 2.08. The number of nitrogens with zero attached hydrogens (tertiary/aromatic N) is 2. The molecule has 1 amide bonds. The molecule has 0 saturated heterocycles. The molecule has 0 saturated carbocycles. The Morgan fingerprint density at radius 2 is 1.64 bits per heavy atom. The minimum absolute atomic E-state index is 0.309. The van der Waals surface area contributed by atoms with Gasteiger partial charge in [0, 0.05) is 11.3 Å². The topological polar surface area (TPSA) is 82.6 Å². The molecule has 3 aromatic rings. The average Bonchev–Trinajstić information content (AvgIpc) is 3.26. The van der Waals surface area contributed by atoms with Gasteiger partial charge < -0.3 is 14.2 Å². The summed E-state index contributed by atoms with van der Waals surface area (Å²) in [7, 11) is 0. The Hall–Kier alpha value is -2.78. The average molecular weight is 488 g/mol. The molecular weight excluding hydrogens is 458 g/mol. The molecule has 2 aromatic carbocycles. The van der Waals surface area contributed by atoms with Crippen molar-refractivity contribution < 1.29 is 19.0 Å². The third kappa shape index (κ3) is 7.36. The van der Waals surface area contributed by atoms with Gasteiger partial charge in [0.15, 0.2) is 15.8 Å². The van der Waals surface area contributed by atoms with Gasteiger partial charge in [0.05, 0.1) is 19.8 Å². The molecule has 0 aliphatic carbocycles. The Kier molecular flexibility index (Phi) is 9.83. The number of benzene rings is 2. The Bertz CT molecular complexity index is 1000. The van der Waals surface area contributed by atoms with E-state index in [1.165, 1.54) is 16.9 Å². The molecule has 9 heteroatoms. The quantitative estimate of drug-likeness (QED) is 0.188. The van der Waals surface area contributed by atoms with Crippen LogP contribution in [0.2, 0.25) is 0 Å². The Morgan fingerprint density at radius 3 is 2.27 bits per heavy atom. The number of ether oxygens (including phenoxy) is 3. The molecule has 1 N–H and O–H groups in total. The molecule has 0 unspecified atom stereocenters. The maximum Gasteiger partial charge on any atom is 0.257 e. The van der Waals surface area contributed by atoms with E-state index in [4.69, 9.17) is 14.2 Å². The molecule has 7 nitrogen and oxygen atoms in total. The number of amides is 1. The molecule has 0 aliphatic heterocycles. The number of nitrogens with one attached hydrogen (secondary N) is 1. The lowest BCUT2D eigenvalue weighted by Gasteiger charge is -2.16. The largest absolute Gasteiger partial charge is 0.490 e. The predicted molar refractivity (Wildman–Crippen MR) is 133 cm³/mol. The maximum absolute atomic E-state index is 12.9. The third-order valence-corrected chi connectivity index (χ3v) is 6.53. The molecule has 1 aromatic heterocycles. The van der Waals surface area contributed by atoms with Crippen molar-refractivity contribution in [1.29, 1.82) is 0 Å². The standard InChI is InChI=1S/C24H29N3O4S2/c1-4-29-19-15-18(16-20(30-5-2)21(19)31-6-3)22(28)25-23-26-27-24(33-23)32-14-10-13-17-11-8-7-9-12-17/h7-9,11-12,15-16H,4-6,10,13-14H2,1-3H3,(H,25,26,28). The van der Waals surface area contributed by atoms with Gasteiger partial charge in [0.25, 0.3) is 5.91 Å². The summed E-state index contributed by atoms with van der Waals surface area (Å²) in [6.07, 6.45) is 2.07. The van der Waals surface area contributed by atoms with E-state index in [1.807, 2.05) is 26.8 Å². The minimum atomic E-state index is -0.309. The zero-order chi connectivity index (χ0) is 23.5. The zero-order valence-electron chi connectivity index (χ0n) is 19.1. The van der Waals surface area contributed by atoms with E-state index in [2.05, 4.69) is 39.8 Å². The van der Waals surface area contributed by atoms with Crippen LogP contribution in [0.3, 0.4) is 0 Å². The first-order valence-electron chi connectivity index (χ1n) is 11.0. The highest BCUT2D eigenvalue weighted by Gasteiger charge is 2.19. The lowest BCUT2D eigenvalue weighted by atomic mass is 10.1. The number of anilines is 1. The van der Waals surface area contributed by atoms with Crippen LogP contribution >= 0.6 is 23.1 Å². The van der Waals surface area contributed by atoms with Crippen LogP contribution in [-0.4, -0.2) is 41.7 Å². The molecule has 176 valence electrons. The predicted octanol–water partition coefficient (Wildman–Crippen LogP) is 5.71. The summed E-state index contributed by atoms with van der Waals surface area (Å²) >= 11 is 3.01. The highest BCUT2D eigenvalue weighted by Crippen LogP contribution is 2.39. The normalized spacial score (nSPS) is 10.6. The van der Waals surface area contributed by atoms with E-state index in [0.29, 0.717) is 47.8 Å². The van der Waals surface area contributed by atoms with Crippen molar-refractivity contribution in [2.24, 2.45) is 0 Å². The van der Waals surface area contributed by atoms with E-state index in [0.717, 1.165) is 22.9 Å². The van der Waals surface area contributed by atoms with Gasteiger partial charge in [-0.1, -0.05) is 53.4 Å². The Balaban J connectivity index is 1.61. The maximum atomic E-state index is 12.9. The zero-order valence-corrected chi connectivity index (χ0v) is 20.8. The summed E-state index contributed by atoms with van der Waals surface area (Å²) in [5, 5.41) is 11.6. The lowest BCUT2D eigenvalue weighted by molar-refractivity contribution is 0.102. The molecule has 3 rings (SSSR count). The van der Waals surface area contributed by atoms with E-state index < -0.39 is 0 Å². The van der Waals surface area contributed by atoms with E-state index in [1.54, 1.807) is 23.9 Å². The van der Waals surface area contributed by atoms with Crippen molar-refractivity contribution in [2.75, 3.05) is 30.9 Å². The first-order chi connectivity index (χ1) is 16.1. The second kappa shape index (κ2) is 13.1. The van der Waals surface area contributed by atoms with E-state index >= 15 is 0 Å². The number of hydrogen-bond acceptors (Lipinski definition) is 8. The fraction of sp³-hybridized carbons (Fsp3) is 0.375. The van der Waals surface area contributed by atoms with Crippen LogP contribution < -0.4 is 19.5 Å². The highest BCUT2D eigenvalue weighted by atomic mass is 32.2. The number of thioether (sulfide) groups is 1. The number of hydrogen-bond donors (Lipinski definition) is 1. The van der Waals surface area contributed by atoms with Crippen LogP contribution in [0.25, 0.3) is 0 Å². The summed E-state index contributed by atoms with van der Waals surface area (Å²) < 4.78 is 17.9. The highest BCUT2D eigenvalue weighted by molar-refractivity contribution is 8.01. The van der Waals surface area contributed by atoms with Gasteiger partial charge in [0.2, 0.25) is 10.9 Å². The Morgan fingerprint density at radius 1 is 0.970 bits per heavy atom. The summed E-state index contributed by atoms with van der Waals surface area (Å²) in [6, 6.07) is 13.7. The molecule has 0 aliphatic rings. The van der Waals surface area contributed by atoms with Crippen molar-refractivity contribution in [2.45, 2.75) is 38.0 Å². The monoisotopic (exact) mass is 487 g/mol. The molecule has 1 heterocycles. The van der Waals surface area contributed by atoms with Crippen LogP contribution in [0.15, 0.2) is 46.8 Å². The number of rotatable bonds is 13. The second-order valence-electron chi connectivity index (χ2n) is 6.87. The smallest absolute Gasteiger partial charge is 0.257 e. The van der Waals surface area contributed by atoms with Crippen LogP contribution in [0, 0.1) is 0 Å². The number of carbonyl (C=O) groups excluding carboxylic acids is 1. The van der Waals surface area contributed by atoms with E-state index in [-0.39, 0.29) is 5.91 Å². The van der Waals surface area contributed by atoms with Crippen molar-refractivity contribution in [3.8, 4) is 17.2 Å². The lowest BCUT2D eigenvalue weighted by Crippen LogP contribution is -2.13. The van der Waals surface area contributed by atoms with Crippen LogP contribution in [0.5, 0.6) is 17.2 Å². The van der Waals surface area contributed by atoms with Crippen LogP contribution in [-0.2, 0) is 6.42 Å². The molecule has 33 heavy (non-hydrogen) atoms. The summed E-state index contributed by atoms with van der Waals surface area (Å²) in [6.45, 7) is 6.99. The van der Waals surface area contributed by atoms with Crippen molar-refractivity contribution >= 4 is 34.1 Å². The second-order valence-corrected chi connectivity index (χ2v) is 9.19. The SMILES string of the molecule is CCOc1cc(C(=O)Nc2nnc(SCCCc3ccccc3)s2)cc(OCC)c1OCC. The summed E-state index contributed by atoms with van der Waals surface area (Å²) in [4.78, 5) is 12.9. The van der Waals surface area contributed by atoms with Gasteiger partial charge in [-0.05, 0) is 51.3 Å². The molecule has 0 atom stereocenters. The van der Waals surface area contributed by atoms with E-state index in [9.17, 15) is 4.79 Å². The van der Waals surface area contributed by atoms with Gasteiger partial charge in [-0.2, -0.15) is 0 Å². The van der Waals surface area contributed by atoms with Crippen LogP contribution in [0.1, 0.15) is 43.1 Å². The molecule has 0 radical (unpaired) electrons. The molecule has 0 spiro atoms. The fourth-order valence-electron chi connectivity index (χ4n) is 3.09. The van der Waals surface area contributed by atoms with Crippen molar-refractivity contribution in [3.05, 3.63) is 53.6 Å². The minimum Gasteiger partial charge on any atom is -0.490 e. The third-order valence-electron chi connectivity index (χ3n) is 4.48. The van der Waals surface area contributed by atoms with Gasteiger partial charge >= 0.3 is 0 Å². The first-order valence-corrected chi connectivity index (χ1v) is 12.8. The van der Waals surface area contributed by atoms with Crippen molar-refractivity contribution in [3.63, 3.8) is 0 Å². The van der Waals surface area contributed by atoms with Gasteiger partial charge in [-0.15, -0.1) is 10.2 Å². The summed E-state index contributed by atoms with van der Waals surface area (Å²) in [5.41, 5.74) is 1.73. The van der Waals surface area contributed by atoms with Crippen molar-refractivity contribution in [1.82, 2.24) is 10.2 Å². The number of aromatic nitrogens is 2. The number of carbonyl (C=O) groups is 1. The van der Waals surface area contributed by atoms with Gasteiger partial charge in [-0.3, -0.25) is 10.1 Å². The first kappa shape index (κ1) is 24.9. The molecule has 0 fully saturated rings. The fourth-order valence-corrected chi connectivity index (χ4v) is 4.84. The van der Waals surface area contributed by atoms with Gasteiger partial charge in [0.1, 0.15) is 0 Å². The molecule has 0 bridgehead atoms.